The molecule has 1 aromatic heterocycles. The van der Waals surface area contributed by atoms with Crippen LogP contribution >= 0.6 is 11.6 Å². The van der Waals surface area contributed by atoms with Crippen LogP contribution in [0.5, 0.6) is 0 Å². The SMILES string of the molecule is CC[C@@H](C)c1ccc(S(=O)(=O)NCCCn2nc(C(F)(F)F)c(Cl)c2C)cc1. The number of aryl methyl sites for hydroxylation is 1. The summed E-state index contributed by atoms with van der Waals surface area (Å²) in [5.41, 5.74) is 0.124. The molecule has 0 bridgehead atoms. The average Bonchev–Trinajstić information content (AvgIpc) is 2.93. The fourth-order valence-electron chi connectivity index (χ4n) is 2.65. The third-order valence-electron chi connectivity index (χ3n) is 4.61. The largest absolute Gasteiger partial charge is 0.436 e. The van der Waals surface area contributed by atoms with Gasteiger partial charge in [-0.15, -0.1) is 0 Å². The van der Waals surface area contributed by atoms with Crippen LogP contribution in [-0.4, -0.2) is 24.7 Å². The van der Waals surface area contributed by atoms with Gasteiger partial charge >= 0.3 is 6.18 Å². The molecule has 10 heteroatoms. The molecule has 0 spiro atoms. The van der Waals surface area contributed by atoms with Gasteiger partial charge in [0.05, 0.1) is 15.6 Å². The quantitative estimate of drug-likeness (QED) is 0.606. The van der Waals surface area contributed by atoms with E-state index >= 15 is 0 Å². The van der Waals surface area contributed by atoms with Gasteiger partial charge in [0.2, 0.25) is 10.0 Å². The summed E-state index contributed by atoms with van der Waals surface area (Å²) in [6.45, 7) is 5.73. The van der Waals surface area contributed by atoms with Gasteiger partial charge < -0.3 is 0 Å². The second kappa shape index (κ2) is 8.84. The fraction of sp³-hybridized carbons (Fsp3) is 0.500. The van der Waals surface area contributed by atoms with E-state index in [1.54, 1.807) is 24.3 Å². The van der Waals surface area contributed by atoms with Gasteiger partial charge in [-0.2, -0.15) is 18.3 Å². The molecule has 1 N–H and O–H groups in total. The zero-order valence-corrected chi connectivity index (χ0v) is 17.4. The van der Waals surface area contributed by atoms with Crippen molar-refractivity contribution < 1.29 is 21.6 Å². The van der Waals surface area contributed by atoms with Gasteiger partial charge in [-0.1, -0.05) is 37.6 Å². The molecule has 2 aromatic rings. The van der Waals surface area contributed by atoms with Crippen molar-refractivity contribution in [1.29, 1.82) is 0 Å². The van der Waals surface area contributed by atoms with Gasteiger partial charge in [-0.25, -0.2) is 13.1 Å². The van der Waals surface area contributed by atoms with Crippen LogP contribution < -0.4 is 4.72 Å². The maximum Gasteiger partial charge on any atom is 0.436 e. The standard InChI is InChI=1S/C18H23ClF3N3O2S/c1-4-12(2)14-6-8-15(9-7-14)28(26,27)23-10-5-11-25-13(3)16(19)17(24-25)18(20,21)22/h6-9,12,23H,4-5,10-11H2,1-3H3/t12-/m1/s1. The number of aromatic nitrogens is 2. The van der Waals surface area contributed by atoms with Crippen LogP contribution in [0.4, 0.5) is 13.2 Å². The lowest BCUT2D eigenvalue weighted by Gasteiger charge is -2.11. The third kappa shape index (κ3) is 5.27. The maximum atomic E-state index is 12.8. The van der Waals surface area contributed by atoms with Gasteiger partial charge in [0, 0.05) is 13.1 Å². The van der Waals surface area contributed by atoms with Crippen LogP contribution in [0.15, 0.2) is 29.2 Å². The molecule has 0 aliphatic heterocycles. The van der Waals surface area contributed by atoms with Crippen molar-refractivity contribution in [3.8, 4) is 0 Å². The van der Waals surface area contributed by atoms with E-state index < -0.39 is 26.9 Å². The number of nitrogens with zero attached hydrogens (tertiary/aromatic N) is 2. The molecule has 1 heterocycles. The van der Waals surface area contributed by atoms with Crippen molar-refractivity contribution >= 4 is 21.6 Å². The van der Waals surface area contributed by atoms with Gasteiger partial charge in [0.25, 0.3) is 0 Å². The molecule has 0 fully saturated rings. The van der Waals surface area contributed by atoms with Gasteiger partial charge in [-0.3, -0.25) is 4.68 Å². The lowest BCUT2D eigenvalue weighted by molar-refractivity contribution is -0.141. The molecule has 0 unspecified atom stereocenters. The summed E-state index contributed by atoms with van der Waals surface area (Å²) < 4.78 is 66.8. The van der Waals surface area contributed by atoms with Gasteiger partial charge in [0.15, 0.2) is 5.69 Å². The van der Waals surface area contributed by atoms with Crippen molar-refractivity contribution in [3.63, 3.8) is 0 Å². The zero-order chi connectivity index (χ0) is 21.1. The van der Waals surface area contributed by atoms with E-state index in [0.29, 0.717) is 5.92 Å². The summed E-state index contributed by atoms with van der Waals surface area (Å²) in [6.07, 6.45) is -3.41. The molecule has 1 atom stereocenters. The number of halogens is 4. The van der Waals surface area contributed by atoms with E-state index in [9.17, 15) is 21.6 Å². The highest BCUT2D eigenvalue weighted by Gasteiger charge is 2.38. The first-order valence-corrected chi connectivity index (χ1v) is 10.7. The Balaban J connectivity index is 1.96. The minimum absolute atomic E-state index is 0.0632. The predicted octanol–water partition coefficient (Wildman–Crippen LogP) is 4.75. The number of sulfonamides is 1. The lowest BCUT2D eigenvalue weighted by atomic mass is 9.99. The lowest BCUT2D eigenvalue weighted by Crippen LogP contribution is -2.25. The molecular formula is C18H23ClF3N3O2S. The van der Waals surface area contributed by atoms with E-state index in [4.69, 9.17) is 11.6 Å². The molecule has 0 saturated heterocycles. The summed E-state index contributed by atoms with van der Waals surface area (Å²) in [7, 11) is -3.69. The number of nitrogens with one attached hydrogen (secondary N) is 1. The molecule has 0 aliphatic rings. The highest BCUT2D eigenvalue weighted by molar-refractivity contribution is 7.89. The second-order valence-corrected chi connectivity index (χ2v) is 8.74. The Morgan fingerprint density at radius 1 is 1.25 bits per heavy atom. The predicted molar refractivity (Wildman–Crippen MR) is 102 cm³/mol. The van der Waals surface area contributed by atoms with Crippen molar-refractivity contribution in [2.24, 2.45) is 0 Å². The van der Waals surface area contributed by atoms with Crippen molar-refractivity contribution in [1.82, 2.24) is 14.5 Å². The third-order valence-corrected chi connectivity index (χ3v) is 6.54. The van der Waals surface area contributed by atoms with E-state index in [0.717, 1.165) is 16.7 Å². The summed E-state index contributed by atoms with van der Waals surface area (Å²) >= 11 is 5.69. The molecular weight excluding hydrogens is 415 g/mol. The van der Waals surface area contributed by atoms with Crippen LogP contribution in [0.3, 0.4) is 0 Å². The van der Waals surface area contributed by atoms with E-state index in [1.807, 2.05) is 0 Å². The van der Waals surface area contributed by atoms with Crippen molar-refractivity contribution in [3.05, 3.63) is 46.2 Å². The van der Waals surface area contributed by atoms with Crippen LogP contribution in [0, 0.1) is 6.92 Å². The summed E-state index contributed by atoms with van der Waals surface area (Å²) in [6, 6.07) is 6.68. The molecule has 2 rings (SSSR count). The fourth-order valence-corrected chi connectivity index (χ4v) is 3.97. The molecule has 5 nitrogen and oxygen atoms in total. The Kier molecular flexibility index (Phi) is 7.17. The van der Waals surface area contributed by atoms with Crippen LogP contribution in [0.2, 0.25) is 5.02 Å². The summed E-state index contributed by atoms with van der Waals surface area (Å²) in [4.78, 5) is 0.150. The number of rotatable bonds is 8. The summed E-state index contributed by atoms with van der Waals surface area (Å²) in [5.74, 6) is 0.343. The van der Waals surface area contributed by atoms with E-state index in [1.165, 1.54) is 6.92 Å². The molecule has 1 aromatic carbocycles. The minimum atomic E-state index is -4.63. The van der Waals surface area contributed by atoms with Crippen LogP contribution in [-0.2, 0) is 22.7 Å². The number of alkyl halides is 3. The zero-order valence-electron chi connectivity index (χ0n) is 15.8. The number of benzene rings is 1. The highest BCUT2D eigenvalue weighted by Crippen LogP contribution is 2.35. The van der Waals surface area contributed by atoms with Gasteiger partial charge in [-0.05, 0) is 43.4 Å². The molecule has 0 amide bonds. The first-order valence-electron chi connectivity index (χ1n) is 8.87. The maximum absolute atomic E-state index is 12.8. The highest BCUT2D eigenvalue weighted by atomic mass is 35.5. The molecule has 28 heavy (non-hydrogen) atoms. The van der Waals surface area contributed by atoms with Crippen LogP contribution in [0.25, 0.3) is 0 Å². The molecule has 156 valence electrons. The Labute approximate surface area is 167 Å². The Morgan fingerprint density at radius 3 is 2.36 bits per heavy atom. The number of hydrogen-bond acceptors (Lipinski definition) is 3. The second-order valence-electron chi connectivity index (χ2n) is 6.60. The molecule has 0 aliphatic carbocycles. The monoisotopic (exact) mass is 437 g/mol. The Morgan fingerprint density at radius 2 is 1.86 bits per heavy atom. The summed E-state index contributed by atoms with van der Waals surface area (Å²) in [5, 5.41) is 3.05. The molecule has 0 radical (unpaired) electrons. The Hall–Kier alpha value is -1.58. The van der Waals surface area contributed by atoms with Crippen molar-refractivity contribution in [2.75, 3.05) is 6.54 Å². The first kappa shape index (κ1) is 22.7. The average molecular weight is 438 g/mol. The normalized spacial score (nSPS) is 13.7. The molecule has 0 saturated carbocycles. The van der Waals surface area contributed by atoms with Gasteiger partial charge in [0.1, 0.15) is 0 Å². The van der Waals surface area contributed by atoms with E-state index in [2.05, 4.69) is 23.7 Å². The number of hydrogen-bond donors (Lipinski definition) is 1. The van der Waals surface area contributed by atoms with E-state index in [-0.39, 0.29) is 30.1 Å². The van der Waals surface area contributed by atoms with Crippen molar-refractivity contribution in [2.45, 2.75) is 57.1 Å². The smallest absolute Gasteiger partial charge is 0.268 e. The van der Waals surface area contributed by atoms with Crippen LogP contribution in [0.1, 0.15) is 49.6 Å². The topological polar surface area (TPSA) is 64.0 Å². The first-order chi connectivity index (χ1) is 13.0. The Bertz CT molecular complexity index is 909. The minimum Gasteiger partial charge on any atom is -0.268 e.